The minimum absolute atomic E-state index is 0.0258. The molecule has 1 saturated heterocycles. The molecular formula is C22H26N4O. The number of hydrogen-bond donors (Lipinski definition) is 0. The van der Waals surface area contributed by atoms with E-state index in [1.165, 1.54) is 5.69 Å². The van der Waals surface area contributed by atoms with Crippen molar-refractivity contribution in [3.63, 3.8) is 0 Å². The van der Waals surface area contributed by atoms with Crippen LogP contribution in [0.4, 0.5) is 11.4 Å². The van der Waals surface area contributed by atoms with E-state index in [9.17, 15) is 4.79 Å². The molecule has 5 nitrogen and oxygen atoms in total. The van der Waals surface area contributed by atoms with Crippen LogP contribution >= 0.6 is 0 Å². The standard InChI is InChI=1S/C22H26N4O/c1-18(27)21-9-8-19(17-23)16-22(21)24(2)10-11-25-12-14-26(15-13-25)20-6-4-3-5-7-20/h3-9,16H,10-15H2,1-2H3. The molecule has 2 aromatic carbocycles. The third-order valence-electron chi connectivity index (χ3n) is 5.16. The number of likely N-dealkylation sites (N-methyl/N-ethyl adjacent to an activating group) is 1. The molecule has 1 heterocycles. The number of para-hydroxylation sites is 1. The Labute approximate surface area is 161 Å². The van der Waals surface area contributed by atoms with Gasteiger partial charge in [-0.05, 0) is 37.3 Å². The lowest BCUT2D eigenvalue weighted by molar-refractivity contribution is 0.101. The summed E-state index contributed by atoms with van der Waals surface area (Å²) in [5, 5.41) is 9.16. The molecule has 140 valence electrons. The minimum Gasteiger partial charge on any atom is -0.373 e. The number of ketones is 1. The van der Waals surface area contributed by atoms with Crippen LogP contribution in [0.1, 0.15) is 22.8 Å². The van der Waals surface area contributed by atoms with E-state index in [0.29, 0.717) is 11.1 Å². The summed E-state index contributed by atoms with van der Waals surface area (Å²) in [6.07, 6.45) is 0. The first-order valence-electron chi connectivity index (χ1n) is 9.37. The monoisotopic (exact) mass is 362 g/mol. The maximum Gasteiger partial charge on any atom is 0.161 e. The third kappa shape index (κ3) is 4.66. The number of rotatable bonds is 6. The van der Waals surface area contributed by atoms with Crippen LogP contribution in [0.3, 0.4) is 0 Å². The average molecular weight is 362 g/mol. The highest BCUT2D eigenvalue weighted by Gasteiger charge is 2.18. The van der Waals surface area contributed by atoms with Gasteiger partial charge in [-0.15, -0.1) is 0 Å². The number of piperazine rings is 1. The van der Waals surface area contributed by atoms with Gasteiger partial charge in [0.15, 0.2) is 5.78 Å². The van der Waals surface area contributed by atoms with Gasteiger partial charge < -0.3 is 9.80 Å². The second kappa shape index (κ2) is 8.70. The largest absolute Gasteiger partial charge is 0.373 e. The Bertz CT molecular complexity index is 820. The highest BCUT2D eigenvalue weighted by atomic mass is 16.1. The fourth-order valence-electron chi connectivity index (χ4n) is 3.50. The van der Waals surface area contributed by atoms with Crippen LogP contribution in [0.25, 0.3) is 0 Å². The SMILES string of the molecule is CC(=O)c1ccc(C#N)cc1N(C)CCN1CCN(c2ccccc2)CC1. The zero-order valence-electron chi connectivity index (χ0n) is 16.1. The summed E-state index contributed by atoms with van der Waals surface area (Å²) in [5.74, 6) is 0.0258. The van der Waals surface area contributed by atoms with Gasteiger partial charge in [0.25, 0.3) is 0 Å². The first-order chi connectivity index (χ1) is 13.1. The van der Waals surface area contributed by atoms with Crippen LogP contribution in [0, 0.1) is 11.3 Å². The van der Waals surface area contributed by atoms with Crippen LogP contribution in [-0.2, 0) is 0 Å². The zero-order valence-corrected chi connectivity index (χ0v) is 16.1. The van der Waals surface area contributed by atoms with Crippen molar-refractivity contribution in [1.29, 1.82) is 5.26 Å². The molecule has 0 saturated carbocycles. The molecule has 1 fully saturated rings. The van der Waals surface area contributed by atoms with Crippen molar-refractivity contribution >= 4 is 17.2 Å². The molecule has 1 aliphatic rings. The van der Waals surface area contributed by atoms with Gasteiger partial charge in [-0.1, -0.05) is 18.2 Å². The number of nitriles is 1. The Hall–Kier alpha value is -2.84. The molecule has 0 amide bonds. The van der Waals surface area contributed by atoms with Crippen molar-refractivity contribution in [1.82, 2.24) is 4.90 Å². The first kappa shape index (κ1) is 18.9. The van der Waals surface area contributed by atoms with Crippen molar-refractivity contribution in [3.8, 4) is 6.07 Å². The van der Waals surface area contributed by atoms with Crippen molar-refractivity contribution in [2.45, 2.75) is 6.92 Å². The molecule has 0 aliphatic carbocycles. The number of nitrogens with zero attached hydrogens (tertiary/aromatic N) is 4. The first-order valence-corrected chi connectivity index (χ1v) is 9.37. The molecule has 5 heteroatoms. The summed E-state index contributed by atoms with van der Waals surface area (Å²) in [6.45, 7) is 7.43. The van der Waals surface area contributed by atoms with Gasteiger partial charge in [0.1, 0.15) is 0 Å². The number of anilines is 2. The Morgan fingerprint density at radius 1 is 1.11 bits per heavy atom. The molecule has 0 unspecified atom stereocenters. The second-order valence-corrected chi connectivity index (χ2v) is 6.99. The van der Waals surface area contributed by atoms with E-state index in [1.54, 1.807) is 19.1 Å². The van der Waals surface area contributed by atoms with Gasteiger partial charge >= 0.3 is 0 Å². The summed E-state index contributed by atoms with van der Waals surface area (Å²) in [6, 6.07) is 18.0. The van der Waals surface area contributed by atoms with Gasteiger partial charge in [-0.2, -0.15) is 5.26 Å². The number of Topliss-reactive ketones (excluding diaryl/α,β-unsaturated/α-hetero) is 1. The number of carbonyl (C=O) groups is 1. The quantitative estimate of drug-likeness (QED) is 0.740. The lowest BCUT2D eigenvalue weighted by Crippen LogP contribution is -2.48. The number of hydrogen-bond acceptors (Lipinski definition) is 5. The van der Waals surface area contributed by atoms with Crippen LogP contribution in [0.2, 0.25) is 0 Å². The molecule has 0 bridgehead atoms. The molecule has 0 atom stereocenters. The molecule has 0 aromatic heterocycles. The lowest BCUT2D eigenvalue weighted by atomic mass is 10.1. The number of carbonyl (C=O) groups excluding carboxylic acids is 1. The third-order valence-corrected chi connectivity index (χ3v) is 5.16. The van der Waals surface area contributed by atoms with Crippen LogP contribution in [-0.4, -0.2) is 57.0 Å². The summed E-state index contributed by atoms with van der Waals surface area (Å²) < 4.78 is 0. The van der Waals surface area contributed by atoms with Gasteiger partial charge in [0.05, 0.1) is 11.6 Å². The van der Waals surface area contributed by atoms with Gasteiger partial charge in [0, 0.05) is 63.3 Å². The normalized spacial score (nSPS) is 14.6. The molecule has 2 aromatic rings. The van der Waals surface area contributed by atoms with Crippen molar-refractivity contribution in [3.05, 3.63) is 59.7 Å². The van der Waals surface area contributed by atoms with Crippen molar-refractivity contribution in [2.75, 3.05) is 56.1 Å². The smallest absolute Gasteiger partial charge is 0.161 e. The Morgan fingerprint density at radius 2 is 1.81 bits per heavy atom. The predicted molar refractivity (Wildman–Crippen MR) is 110 cm³/mol. The summed E-state index contributed by atoms with van der Waals surface area (Å²) in [7, 11) is 1.99. The fraction of sp³-hybridized carbons (Fsp3) is 0.364. The summed E-state index contributed by atoms with van der Waals surface area (Å²) >= 11 is 0. The zero-order chi connectivity index (χ0) is 19.2. The number of benzene rings is 2. The highest BCUT2D eigenvalue weighted by Crippen LogP contribution is 2.22. The minimum atomic E-state index is 0.0258. The fourth-order valence-corrected chi connectivity index (χ4v) is 3.50. The Morgan fingerprint density at radius 3 is 2.44 bits per heavy atom. The molecule has 0 spiro atoms. The second-order valence-electron chi connectivity index (χ2n) is 6.99. The highest BCUT2D eigenvalue weighted by molar-refractivity contribution is 6.00. The van der Waals surface area contributed by atoms with Crippen molar-refractivity contribution in [2.24, 2.45) is 0 Å². The van der Waals surface area contributed by atoms with E-state index in [4.69, 9.17) is 5.26 Å². The van der Waals surface area contributed by atoms with Crippen molar-refractivity contribution < 1.29 is 4.79 Å². The van der Waals surface area contributed by atoms with E-state index < -0.39 is 0 Å². The predicted octanol–water partition coefficient (Wildman–Crippen LogP) is 3.02. The van der Waals surface area contributed by atoms with Crippen LogP contribution in [0.5, 0.6) is 0 Å². The van der Waals surface area contributed by atoms with E-state index in [-0.39, 0.29) is 5.78 Å². The lowest BCUT2D eigenvalue weighted by Gasteiger charge is -2.37. The molecule has 27 heavy (non-hydrogen) atoms. The average Bonchev–Trinajstić information content (AvgIpc) is 2.72. The van der Waals surface area contributed by atoms with Crippen LogP contribution < -0.4 is 9.80 Å². The Kier molecular flexibility index (Phi) is 6.10. The van der Waals surface area contributed by atoms with Crippen LogP contribution in [0.15, 0.2) is 48.5 Å². The van der Waals surface area contributed by atoms with Gasteiger partial charge in [-0.25, -0.2) is 0 Å². The molecule has 0 N–H and O–H groups in total. The molecule has 1 aliphatic heterocycles. The molecule has 0 radical (unpaired) electrons. The van der Waals surface area contributed by atoms with Gasteiger partial charge in [-0.3, -0.25) is 9.69 Å². The van der Waals surface area contributed by atoms with E-state index in [0.717, 1.165) is 45.0 Å². The molecular weight excluding hydrogens is 336 g/mol. The van der Waals surface area contributed by atoms with E-state index >= 15 is 0 Å². The Balaban J connectivity index is 1.57. The van der Waals surface area contributed by atoms with Gasteiger partial charge in [0.2, 0.25) is 0 Å². The van der Waals surface area contributed by atoms with E-state index in [2.05, 4.69) is 45.0 Å². The van der Waals surface area contributed by atoms with E-state index in [1.807, 2.05) is 19.2 Å². The summed E-state index contributed by atoms with van der Waals surface area (Å²) in [5.41, 5.74) is 3.38. The maximum absolute atomic E-state index is 11.9. The molecule has 3 rings (SSSR count). The summed E-state index contributed by atoms with van der Waals surface area (Å²) in [4.78, 5) is 18.9. The topological polar surface area (TPSA) is 50.6 Å². The maximum atomic E-state index is 11.9.